The Morgan fingerprint density at radius 3 is 2.57 bits per heavy atom. The highest BCUT2D eigenvalue weighted by molar-refractivity contribution is 9.10. The number of hydrogen-bond donors (Lipinski definition) is 2. The lowest BCUT2D eigenvalue weighted by molar-refractivity contribution is 0.102. The fourth-order valence-corrected chi connectivity index (χ4v) is 2.31. The largest absolute Gasteiger partial charge is 0.389 e. The molecule has 0 saturated carbocycles. The summed E-state index contributed by atoms with van der Waals surface area (Å²) in [6, 6.07) is 7.71. The summed E-state index contributed by atoms with van der Waals surface area (Å²) in [5.41, 5.74) is 6.06. The van der Waals surface area contributed by atoms with Crippen molar-refractivity contribution in [1.29, 1.82) is 0 Å². The number of anilines is 1. The number of benzene rings is 2. The van der Waals surface area contributed by atoms with Crippen molar-refractivity contribution in [2.75, 3.05) is 5.32 Å². The van der Waals surface area contributed by atoms with Crippen LogP contribution in [0, 0.1) is 11.6 Å². The van der Waals surface area contributed by atoms with Gasteiger partial charge < -0.3 is 11.1 Å². The monoisotopic (exact) mass is 370 g/mol. The van der Waals surface area contributed by atoms with Gasteiger partial charge in [0, 0.05) is 5.56 Å². The molecule has 1 amide bonds. The maximum Gasteiger partial charge on any atom is 0.256 e. The summed E-state index contributed by atoms with van der Waals surface area (Å²) in [6.45, 7) is 0. The van der Waals surface area contributed by atoms with Gasteiger partial charge in [-0.3, -0.25) is 4.79 Å². The average molecular weight is 371 g/mol. The van der Waals surface area contributed by atoms with Gasteiger partial charge in [0.15, 0.2) is 0 Å². The second-order valence-corrected chi connectivity index (χ2v) is 5.34. The van der Waals surface area contributed by atoms with Crippen LogP contribution in [-0.4, -0.2) is 10.9 Å². The topological polar surface area (TPSA) is 55.1 Å². The number of nitrogens with one attached hydrogen (secondary N) is 1. The Balaban J connectivity index is 2.36. The highest BCUT2D eigenvalue weighted by atomic mass is 79.9. The maximum absolute atomic E-state index is 13.4. The van der Waals surface area contributed by atoms with Gasteiger partial charge in [-0.15, -0.1) is 0 Å². The van der Waals surface area contributed by atoms with Crippen LogP contribution in [0.25, 0.3) is 0 Å². The van der Waals surface area contributed by atoms with E-state index < -0.39 is 17.5 Å². The zero-order valence-corrected chi connectivity index (χ0v) is 12.9. The van der Waals surface area contributed by atoms with Crippen molar-refractivity contribution in [3.63, 3.8) is 0 Å². The fourth-order valence-electron chi connectivity index (χ4n) is 1.70. The zero-order valence-electron chi connectivity index (χ0n) is 10.5. The first-order chi connectivity index (χ1) is 9.90. The van der Waals surface area contributed by atoms with Gasteiger partial charge in [0.25, 0.3) is 5.91 Å². The van der Waals surface area contributed by atoms with Crippen molar-refractivity contribution in [2.45, 2.75) is 0 Å². The molecular weight excluding hydrogens is 362 g/mol. The molecule has 0 aliphatic carbocycles. The number of hydrogen-bond acceptors (Lipinski definition) is 2. The van der Waals surface area contributed by atoms with Crippen LogP contribution in [-0.2, 0) is 0 Å². The number of amides is 1. The molecule has 3 N–H and O–H groups in total. The van der Waals surface area contributed by atoms with E-state index in [1.54, 1.807) is 0 Å². The van der Waals surface area contributed by atoms with E-state index in [4.69, 9.17) is 18.0 Å². The first-order valence-corrected chi connectivity index (χ1v) is 6.95. The Morgan fingerprint density at radius 2 is 1.90 bits per heavy atom. The number of nitrogens with two attached hydrogens (primary N) is 1. The summed E-state index contributed by atoms with van der Waals surface area (Å²) >= 11 is 7.82. The van der Waals surface area contributed by atoms with Gasteiger partial charge in [-0.05, 0) is 46.3 Å². The molecule has 0 heterocycles. The molecule has 2 aromatic carbocycles. The molecule has 0 aliphatic rings. The first-order valence-electron chi connectivity index (χ1n) is 5.75. The van der Waals surface area contributed by atoms with Crippen molar-refractivity contribution in [3.05, 3.63) is 63.6 Å². The average Bonchev–Trinajstić information content (AvgIpc) is 2.43. The van der Waals surface area contributed by atoms with Crippen LogP contribution in [0.2, 0.25) is 0 Å². The van der Waals surface area contributed by atoms with Crippen molar-refractivity contribution in [2.24, 2.45) is 5.73 Å². The predicted molar refractivity (Wildman–Crippen MR) is 84.3 cm³/mol. The Bertz CT molecular complexity index is 737. The quantitative estimate of drug-likeness (QED) is 0.811. The van der Waals surface area contributed by atoms with Crippen molar-refractivity contribution in [3.8, 4) is 0 Å². The van der Waals surface area contributed by atoms with Crippen LogP contribution in [0.3, 0.4) is 0 Å². The SMILES string of the molecule is NC(=S)c1cc(F)ccc1NC(=O)c1cccc(F)c1Br. The van der Waals surface area contributed by atoms with Crippen LogP contribution < -0.4 is 11.1 Å². The van der Waals surface area contributed by atoms with Crippen LogP contribution in [0.5, 0.6) is 0 Å². The van der Waals surface area contributed by atoms with Crippen LogP contribution in [0.4, 0.5) is 14.5 Å². The van der Waals surface area contributed by atoms with Crippen molar-refractivity contribution < 1.29 is 13.6 Å². The summed E-state index contributed by atoms with van der Waals surface area (Å²) < 4.78 is 26.7. The van der Waals surface area contributed by atoms with Gasteiger partial charge in [0.05, 0.1) is 15.7 Å². The van der Waals surface area contributed by atoms with Gasteiger partial charge in [-0.1, -0.05) is 18.3 Å². The van der Waals surface area contributed by atoms with Crippen molar-refractivity contribution in [1.82, 2.24) is 0 Å². The van der Waals surface area contributed by atoms with Crippen LogP contribution in [0.15, 0.2) is 40.9 Å². The molecule has 7 heteroatoms. The molecule has 2 aromatic rings. The Morgan fingerprint density at radius 1 is 1.19 bits per heavy atom. The molecule has 0 aromatic heterocycles. The van der Waals surface area contributed by atoms with E-state index in [2.05, 4.69) is 21.2 Å². The molecule has 0 spiro atoms. The lowest BCUT2D eigenvalue weighted by atomic mass is 10.1. The van der Waals surface area contributed by atoms with E-state index in [9.17, 15) is 13.6 Å². The molecule has 0 atom stereocenters. The standard InChI is InChI=1S/C14H9BrF2N2OS/c15-12-8(2-1-3-10(12)17)14(20)19-11-5-4-7(16)6-9(11)13(18)21/h1-6H,(H2,18,21)(H,19,20). The number of rotatable bonds is 3. The highest BCUT2D eigenvalue weighted by Crippen LogP contribution is 2.23. The van der Waals surface area contributed by atoms with Gasteiger partial charge in [-0.2, -0.15) is 0 Å². The molecule has 0 aliphatic heterocycles. The van der Waals surface area contributed by atoms with Gasteiger partial charge >= 0.3 is 0 Å². The maximum atomic E-state index is 13.4. The van der Waals surface area contributed by atoms with E-state index >= 15 is 0 Å². The van der Waals surface area contributed by atoms with E-state index in [1.807, 2.05) is 0 Å². The van der Waals surface area contributed by atoms with Gasteiger partial charge in [0.2, 0.25) is 0 Å². The number of halogens is 3. The molecule has 108 valence electrons. The van der Waals surface area contributed by atoms with E-state index in [1.165, 1.54) is 24.3 Å². The third-order valence-corrected chi connectivity index (χ3v) is 3.72. The Labute approximate surface area is 133 Å². The summed E-state index contributed by atoms with van der Waals surface area (Å²) in [4.78, 5) is 12.1. The minimum atomic E-state index is -0.564. The second-order valence-electron chi connectivity index (χ2n) is 4.11. The molecule has 0 fully saturated rings. The lowest BCUT2D eigenvalue weighted by Gasteiger charge is -2.11. The summed E-state index contributed by atoms with van der Waals surface area (Å²) in [6.07, 6.45) is 0. The molecule has 3 nitrogen and oxygen atoms in total. The summed E-state index contributed by atoms with van der Waals surface area (Å²) in [5, 5.41) is 2.53. The molecule has 0 radical (unpaired) electrons. The number of thiocarbonyl (C=S) groups is 1. The van der Waals surface area contributed by atoms with Crippen LogP contribution >= 0.6 is 28.1 Å². The first kappa shape index (κ1) is 15.5. The molecule has 2 rings (SSSR count). The summed E-state index contributed by atoms with van der Waals surface area (Å²) in [7, 11) is 0. The minimum absolute atomic E-state index is 0.0430. The third-order valence-electron chi connectivity index (χ3n) is 2.69. The molecule has 0 bridgehead atoms. The molecule has 21 heavy (non-hydrogen) atoms. The number of carbonyl (C=O) groups excluding carboxylic acids is 1. The minimum Gasteiger partial charge on any atom is -0.389 e. The summed E-state index contributed by atoms with van der Waals surface area (Å²) in [5.74, 6) is -1.65. The smallest absolute Gasteiger partial charge is 0.256 e. The van der Waals surface area contributed by atoms with Gasteiger partial charge in [0.1, 0.15) is 16.6 Å². The highest BCUT2D eigenvalue weighted by Gasteiger charge is 2.15. The molecule has 0 unspecified atom stereocenters. The molecular formula is C14H9BrF2N2OS. The third kappa shape index (κ3) is 3.43. The van der Waals surface area contributed by atoms with E-state index in [-0.39, 0.29) is 26.3 Å². The number of carbonyl (C=O) groups is 1. The van der Waals surface area contributed by atoms with Crippen molar-refractivity contribution >= 4 is 44.7 Å². The van der Waals surface area contributed by atoms with Crippen LogP contribution in [0.1, 0.15) is 15.9 Å². The zero-order chi connectivity index (χ0) is 15.6. The Kier molecular flexibility index (Phi) is 4.64. The Hall–Kier alpha value is -1.86. The van der Waals surface area contributed by atoms with E-state index in [0.717, 1.165) is 12.1 Å². The fraction of sp³-hybridized carbons (Fsp3) is 0. The lowest BCUT2D eigenvalue weighted by Crippen LogP contribution is -2.18. The normalized spacial score (nSPS) is 10.2. The molecule has 0 saturated heterocycles. The van der Waals surface area contributed by atoms with E-state index in [0.29, 0.717) is 0 Å². The van der Waals surface area contributed by atoms with Gasteiger partial charge in [-0.25, -0.2) is 8.78 Å². The second kappa shape index (κ2) is 6.28. The predicted octanol–water partition coefficient (Wildman–Crippen LogP) is 3.61.